The van der Waals surface area contributed by atoms with Gasteiger partial charge in [0.25, 0.3) is 0 Å². The molecule has 0 aliphatic heterocycles. The number of carbonyl (C=O) groups excluding carboxylic acids is 3. The van der Waals surface area contributed by atoms with Crippen LogP contribution in [0, 0.1) is 11.8 Å². The minimum absolute atomic E-state index is 0.0183. The molecule has 0 bridgehead atoms. The molecule has 0 heterocycles. The van der Waals surface area contributed by atoms with E-state index in [0.29, 0.717) is 5.56 Å². The number of carbonyl (C=O) groups is 5. The number of rotatable bonds is 13. The van der Waals surface area contributed by atoms with Gasteiger partial charge in [-0.2, -0.15) is 0 Å². The zero-order valence-electron chi connectivity index (χ0n) is 20.1. The minimum atomic E-state index is -1.53. The van der Waals surface area contributed by atoms with Crippen LogP contribution in [0.5, 0.6) is 5.75 Å². The van der Waals surface area contributed by atoms with Crippen LogP contribution in [0.25, 0.3) is 0 Å². The van der Waals surface area contributed by atoms with Crippen molar-refractivity contribution in [1.82, 2.24) is 16.0 Å². The van der Waals surface area contributed by atoms with E-state index < -0.39 is 66.2 Å². The highest BCUT2D eigenvalue weighted by atomic mass is 16.4. The van der Waals surface area contributed by atoms with E-state index in [2.05, 4.69) is 16.0 Å². The lowest BCUT2D eigenvalue weighted by Crippen LogP contribution is -2.58. The fraction of sp³-hybridized carbons (Fsp3) is 0.522. The van der Waals surface area contributed by atoms with Crippen LogP contribution in [0.3, 0.4) is 0 Å². The molecule has 0 fully saturated rings. The first-order valence-corrected chi connectivity index (χ1v) is 11.1. The predicted octanol–water partition coefficient (Wildman–Crippen LogP) is -0.412. The van der Waals surface area contributed by atoms with Crippen molar-refractivity contribution < 1.29 is 39.3 Å². The van der Waals surface area contributed by atoms with Crippen molar-refractivity contribution in [2.45, 2.75) is 64.7 Å². The van der Waals surface area contributed by atoms with Gasteiger partial charge >= 0.3 is 11.9 Å². The molecular formula is C23H34N4O8. The molecule has 1 rings (SSSR count). The molecule has 35 heavy (non-hydrogen) atoms. The summed E-state index contributed by atoms with van der Waals surface area (Å²) in [4.78, 5) is 61.1. The average Bonchev–Trinajstić information content (AvgIpc) is 2.76. The van der Waals surface area contributed by atoms with E-state index in [0.717, 1.165) is 0 Å². The summed E-state index contributed by atoms with van der Waals surface area (Å²) in [6.07, 6.45) is -0.860. The number of phenols is 1. The van der Waals surface area contributed by atoms with Gasteiger partial charge in [-0.15, -0.1) is 0 Å². The van der Waals surface area contributed by atoms with Crippen molar-refractivity contribution in [3.05, 3.63) is 29.8 Å². The molecule has 0 radical (unpaired) electrons. The number of carboxylic acids is 2. The van der Waals surface area contributed by atoms with E-state index in [4.69, 9.17) is 5.73 Å². The molecule has 0 saturated carbocycles. The first kappa shape index (κ1) is 29.4. The maximum atomic E-state index is 13.0. The van der Waals surface area contributed by atoms with Crippen LogP contribution in [0.2, 0.25) is 0 Å². The molecule has 4 atom stereocenters. The molecule has 0 spiro atoms. The summed E-state index contributed by atoms with van der Waals surface area (Å²) in [5.41, 5.74) is 6.31. The zero-order chi connectivity index (χ0) is 26.9. The molecule has 1 aromatic carbocycles. The highest BCUT2D eigenvalue weighted by Crippen LogP contribution is 2.12. The normalized spacial score (nSPS) is 14.5. The topological polar surface area (TPSA) is 208 Å². The molecule has 8 N–H and O–H groups in total. The Bertz CT molecular complexity index is 917. The second-order valence-electron chi connectivity index (χ2n) is 8.93. The smallest absolute Gasteiger partial charge is 0.326 e. The first-order valence-electron chi connectivity index (χ1n) is 11.1. The number of amides is 3. The number of aromatic hydroxyl groups is 1. The van der Waals surface area contributed by atoms with Crippen LogP contribution >= 0.6 is 0 Å². The van der Waals surface area contributed by atoms with Gasteiger partial charge in [0.05, 0.1) is 12.5 Å². The SMILES string of the molecule is CC(C)C(N)C(=O)NC(CC(=O)O)C(=O)NC(Cc1ccc(O)cc1)C(=O)NC(C(=O)O)C(C)C. The van der Waals surface area contributed by atoms with Gasteiger partial charge < -0.3 is 37.0 Å². The maximum Gasteiger partial charge on any atom is 0.326 e. The highest BCUT2D eigenvalue weighted by Gasteiger charge is 2.32. The second-order valence-corrected chi connectivity index (χ2v) is 8.93. The van der Waals surface area contributed by atoms with Crippen molar-refractivity contribution >= 4 is 29.7 Å². The third-order valence-electron chi connectivity index (χ3n) is 5.27. The summed E-state index contributed by atoms with van der Waals surface area (Å²) in [6, 6.07) is 0.716. The van der Waals surface area contributed by atoms with E-state index in [1.54, 1.807) is 27.7 Å². The molecule has 0 aliphatic rings. The lowest BCUT2D eigenvalue weighted by molar-refractivity contribution is -0.144. The van der Waals surface area contributed by atoms with Crippen LogP contribution in [0.15, 0.2) is 24.3 Å². The van der Waals surface area contributed by atoms with Gasteiger partial charge in [0.1, 0.15) is 23.9 Å². The van der Waals surface area contributed by atoms with E-state index in [-0.39, 0.29) is 18.1 Å². The molecule has 3 amide bonds. The Kier molecular flexibility index (Phi) is 11.1. The van der Waals surface area contributed by atoms with Gasteiger partial charge in [0.15, 0.2) is 0 Å². The van der Waals surface area contributed by atoms with E-state index in [9.17, 15) is 39.3 Å². The monoisotopic (exact) mass is 494 g/mol. The lowest BCUT2D eigenvalue weighted by Gasteiger charge is -2.26. The largest absolute Gasteiger partial charge is 0.508 e. The van der Waals surface area contributed by atoms with E-state index >= 15 is 0 Å². The summed E-state index contributed by atoms with van der Waals surface area (Å²) in [5, 5.41) is 35.2. The number of hydrogen-bond donors (Lipinski definition) is 7. The molecule has 1 aromatic rings. The Labute approximate surface area is 203 Å². The third kappa shape index (κ3) is 9.61. The Balaban J connectivity index is 3.18. The Morgan fingerprint density at radius 1 is 0.800 bits per heavy atom. The van der Waals surface area contributed by atoms with Gasteiger partial charge in [-0.1, -0.05) is 39.8 Å². The van der Waals surface area contributed by atoms with Gasteiger partial charge in [-0.05, 0) is 29.5 Å². The quantitative estimate of drug-likeness (QED) is 0.190. The number of aliphatic carboxylic acids is 2. The van der Waals surface area contributed by atoms with Crippen molar-refractivity contribution in [3.63, 3.8) is 0 Å². The number of hydrogen-bond acceptors (Lipinski definition) is 7. The molecule has 0 saturated heterocycles. The molecule has 4 unspecified atom stereocenters. The molecule has 12 nitrogen and oxygen atoms in total. The van der Waals surface area contributed by atoms with Gasteiger partial charge in [-0.25, -0.2) is 4.79 Å². The summed E-state index contributed by atoms with van der Waals surface area (Å²) in [5.74, 6) is -5.88. The third-order valence-corrected chi connectivity index (χ3v) is 5.27. The first-order chi connectivity index (χ1) is 16.2. The van der Waals surface area contributed by atoms with Gasteiger partial charge in [0, 0.05) is 6.42 Å². The van der Waals surface area contributed by atoms with Crippen LogP contribution in [-0.4, -0.2) is 69.1 Å². The molecule has 12 heteroatoms. The van der Waals surface area contributed by atoms with E-state index in [1.165, 1.54) is 24.3 Å². The number of benzene rings is 1. The van der Waals surface area contributed by atoms with Crippen LogP contribution < -0.4 is 21.7 Å². The fourth-order valence-corrected chi connectivity index (χ4v) is 3.07. The molecule has 0 aromatic heterocycles. The number of nitrogens with one attached hydrogen (secondary N) is 3. The van der Waals surface area contributed by atoms with Gasteiger partial charge in [-0.3, -0.25) is 19.2 Å². The summed E-state index contributed by atoms with van der Waals surface area (Å²) >= 11 is 0. The van der Waals surface area contributed by atoms with Crippen LogP contribution in [0.4, 0.5) is 0 Å². The summed E-state index contributed by atoms with van der Waals surface area (Å²) in [6.45, 7) is 6.57. The second kappa shape index (κ2) is 13.3. The van der Waals surface area contributed by atoms with Crippen LogP contribution in [-0.2, 0) is 30.4 Å². The van der Waals surface area contributed by atoms with Crippen molar-refractivity contribution in [2.24, 2.45) is 17.6 Å². The Morgan fingerprint density at radius 3 is 1.77 bits per heavy atom. The van der Waals surface area contributed by atoms with Crippen molar-refractivity contribution in [3.8, 4) is 5.75 Å². The number of carboxylic acid groups (broad SMARTS) is 2. The predicted molar refractivity (Wildman–Crippen MR) is 125 cm³/mol. The summed E-state index contributed by atoms with van der Waals surface area (Å²) in [7, 11) is 0. The molecule has 0 aliphatic carbocycles. The fourth-order valence-electron chi connectivity index (χ4n) is 3.07. The van der Waals surface area contributed by atoms with Gasteiger partial charge in [0.2, 0.25) is 17.7 Å². The standard InChI is InChI=1S/C23H34N4O8/c1-11(2)18(24)22(33)26-16(10-17(29)30)20(31)25-15(9-13-5-7-14(28)8-6-13)21(32)27-19(12(3)4)23(34)35/h5-8,11-12,15-16,18-19,28H,9-10,24H2,1-4H3,(H,25,31)(H,26,33)(H,27,32)(H,29,30)(H,34,35). The van der Waals surface area contributed by atoms with Crippen molar-refractivity contribution in [2.75, 3.05) is 0 Å². The highest BCUT2D eigenvalue weighted by molar-refractivity contribution is 5.95. The lowest BCUT2D eigenvalue weighted by atomic mass is 10.0. The zero-order valence-corrected chi connectivity index (χ0v) is 20.1. The molecular weight excluding hydrogens is 460 g/mol. The number of nitrogens with two attached hydrogens (primary N) is 1. The Morgan fingerprint density at radius 2 is 1.31 bits per heavy atom. The van der Waals surface area contributed by atoms with E-state index in [1.807, 2.05) is 0 Å². The van der Waals surface area contributed by atoms with Crippen molar-refractivity contribution in [1.29, 1.82) is 0 Å². The molecule has 194 valence electrons. The maximum absolute atomic E-state index is 13.0. The average molecular weight is 495 g/mol. The number of phenolic OH excluding ortho intramolecular Hbond substituents is 1. The summed E-state index contributed by atoms with van der Waals surface area (Å²) < 4.78 is 0. The Hall–Kier alpha value is -3.67. The minimum Gasteiger partial charge on any atom is -0.508 e. The van der Waals surface area contributed by atoms with Crippen LogP contribution in [0.1, 0.15) is 39.7 Å².